The highest BCUT2D eigenvalue weighted by Gasteiger charge is 2.33. The van der Waals surface area contributed by atoms with Gasteiger partial charge in [-0.05, 0) is 19.3 Å². The molecule has 1 nitrogen and oxygen atoms in total. The van der Waals surface area contributed by atoms with Crippen LogP contribution >= 0.6 is 23.2 Å². The van der Waals surface area contributed by atoms with E-state index in [0.717, 1.165) is 12.8 Å². The molecule has 73 valence electrons. The maximum Gasteiger partial charge on any atom is 0.103 e. The molecule has 3 unspecified atom stereocenters. The summed E-state index contributed by atoms with van der Waals surface area (Å²) in [6, 6.07) is 0. The van der Waals surface area contributed by atoms with Crippen LogP contribution < -0.4 is 0 Å². The molecule has 1 radical (unpaired) electrons. The fourth-order valence-corrected chi connectivity index (χ4v) is 1.68. The number of hydrogen-bond acceptors (Lipinski definition) is 0. The minimum Gasteiger partial charge on any atom is -0.235 e. The van der Waals surface area contributed by atoms with Crippen molar-refractivity contribution in [2.75, 3.05) is 6.61 Å². The molecule has 0 aliphatic heterocycles. The summed E-state index contributed by atoms with van der Waals surface area (Å²) in [5.41, 5.74) is 0. The van der Waals surface area contributed by atoms with Gasteiger partial charge in [0.1, 0.15) is 6.61 Å². The summed E-state index contributed by atoms with van der Waals surface area (Å²) >= 11 is 12.0. The first-order valence-corrected chi connectivity index (χ1v) is 5.18. The summed E-state index contributed by atoms with van der Waals surface area (Å²) in [6.45, 7) is 5.53. The second-order valence-electron chi connectivity index (χ2n) is 3.59. The second kappa shape index (κ2) is 5.31. The topological polar surface area (TPSA) is 19.9 Å². The lowest BCUT2D eigenvalue weighted by Gasteiger charge is -2.29. The molecule has 0 rings (SSSR count). The Labute approximate surface area is 85.1 Å². The first-order chi connectivity index (χ1) is 5.45. The number of rotatable bonds is 5. The maximum atomic E-state index is 10.7. The van der Waals surface area contributed by atoms with Crippen molar-refractivity contribution in [1.82, 2.24) is 0 Å². The minimum absolute atomic E-state index is 0.225. The Kier molecular flexibility index (Phi) is 5.55. The first-order valence-electron chi connectivity index (χ1n) is 4.36. The average Bonchev–Trinajstić information content (AvgIpc) is 2.03. The van der Waals surface area contributed by atoms with Crippen molar-refractivity contribution in [3.8, 4) is 0 Å². The zero-order chi connectivity index (χ0) is 9.78. The van der Waals surface area contributed by atoms with Crippen LogP contribution in [-0.4, -0.2) is 16.9 Å². The highest BCUT2D eigenvalue weighted by molar-refractivity contribution is 6.32. The smallest absolute Gasteiger partial charge is 0.103 e. The zero-order valence-corrected chi connectivity index (χ0v) is 9.45. The van der Waals surface area contributed by atoms with Crippen LogP contribution in [-0.2, 0) is 5.11 Å². The highest BCUT2D eigenvalue weighted by Crippen LogP contribution is 2.31. The van der Waals surface area contributed by atoms with Gasteiger partial charge in [-0.1, -0.05) is 20.3 Å². The SMILES string of the molecule is CCCC(C)C(Cl)C(C)(Cl)C[O]. The fraction of sp³-hybridized carbons (Fsp3) is 1.00. The van der Waals surface area contributed by atoms with Crippen LogP contribution in [0.3, 0.4) is 0 Å². The van der Waals surface area contributed by atoms with E-state index in [1.54, 1.807) is 6.92 Å². The summed E-state index contributed by atoms with van der Waals surface area (Å²) in [5.74, 6) is 0.313. The van der Waals surface area contributed by atoms with Crippen molar-refractivity contribution in [1.29, 1.82) is 0 Å². The lowest BCUT2D eigenvalue weighted by atomic mass is 9.93. The van der Waals surface area contributed by atoms with E-state index in [1.165, 1.54) is 0 Å². The number of halogens is 2. The highest BCUT2D eigenvalue weighted by atomic mass is 35.5. The van der Waals surface area contributed by atoms with Gasteiger partial charge in [0, 0.05) is 0 Å². The van der Waals surface area contributed by atoms with Gasteiger partial charge >= 0.3 is 0 Å². The van der Waals surface area contributed by atoms with Gasteiger partial charge in [-0.3, -0.25) is 0 Å². The van der Waals surface area contributed by atoms with Gasteiger partial charge in [0.05, 0.1) is 10.3 Å². The second-order valence-corrected chi connectivity index (χ2v) is 4.92. The average molecular weight is 212 g/mol. The minimum atomic E-state index is -0.795. The summed E-state index contributed by atoms with van der Waals surface area (Å²) < 4.78 is 0. The predicted octanol–water partition coefficient (Wildman–Crippen LogP) is 3.46. The van der Waals surface area contributed by atoms with E-state index in [4.69, 9.17) is 23.2 Å². The van der Waals surface area contributed by atoms with Gasteiger partial charge in [0.25, 0.3) is 0 Å². The monoisotopic (exact) mass is 211 g/mol. The molecule has 12 heavy (non-hydrogen) atoms. The van der Waals surface area contributed by atoms with Crippen LogP contribution in [0.1, 0.15) is 33.6 Å². The molecule has 0 bridgehead atoms. The van der Waals surface area contributed by atoms with Gasteiger partial charge in [0.2, 0.25) is 0 Å². The molecule has 0 aromatic carbocycles. The standard InChI is InChI=1S/C9H17Cl2O/c1-4-5-7(2)8(10)9(3,11)6-12/h7-8H,4-6H2,1-3H3. The van der Waals surface area contributed by atoms with Gasteiger partial charge in [-0.15, -0.1) is 23.2 Å². The molecule has 3 atom stereocenters. The first kappa shape index (κ1) is 12.5. The van der Waals surface area contributed by atoms with E-state index in [0.29, 0.717) is 5.92 Å². The van der Waals surface area contributed by atoms with Crippen LogP contribution in [0.25, 0.3) is 0 Å². The van der Waals surface area contributed by atoms with Crippen molar-refractivity contribution in [3.63, 3.8) is 0 Å². The molecular weight excluding hydrogens is 195 g/mol. The van der Waals surface area contributed by atoms with E-state index >= 15 is 0 Å². The third-order valence-electron chi connectivity index (χ3n) is 2.10. The van der Waals surface area contributed by atoms with Gasteiger partial charge in [-0.2, -0.15) is 0 Å². The lowest BCUT2D eigenvalue weighted by Crippen LogP contribution is -2.37. The molecule has 0 saturated carbocycles. The molecule has 0 aliphatic carbocycles. The molecule has 0 aromatic heterocycles. The van der Waals surface area contributed by atoms with Crippen LogP contribution in [0.15, 0.2) is 0 Å². The normalized spacial score (nSPS) is 21.5. The van der Waals surface area contributed by atoms with Gasteiger partial charge < -0.3 is 0 Å². The van der Waals surface area contributed by atoms with Crippen molar-refractivity contribution < 1.29 is 5.11 Å². The van der Waals surface area contributed by atoms with Crippen molar-refractivity contribution in [2.45, 2.75) is 43.9 Å². The number of alkyl halides is 2. The molecule has 3 heteroatoms. The largest absolute Gasteiger partial charge is 0.235 e. The van der Waals surface area contributed by atoms with Gasteiger partial charge in [-0.25, -0.2) is 5.11 Å². The van der Waals surface area contributed by atoms with E-state index in [2.05, 4.69) is 6.92 Å². The molecule has 0 amide bonds. The van der Waals surface area contributed by atoms with Crippen molar-refractivity contribution >= 4 is 23.2 Å². The molecule has 0 spiro atoms. The molecule has 0 saturated heterocycles. The molecule has 0 heterocycles. The Morgan fingerprint density at radius 3 is 2.33 bits per heavy atom. The summed E-state index contributed by atoms with van der Waals surface area (Å²) in [5, 5.41) is 10.5. The maximum absolute atomic E-state index is 10.7. The van der Waals surface area contributed by atoms with Crippen LogP contribution in [0, 0.1) is 5.92 Å². The lowest BCUT2D eigenvalue weighted by molar-refractivity contribution is 0.152. The molecule has 0 aliphatic rings. The van der Waals surface area contributed by atoms with Crippen LogP contribution in [0.2, 0.25) is 0 Å². The Bertz CT molecular complexity index is 126. The zero-order valence-electron chi connectivity index (χ0n) is 7.94. The quantitative estimate of drug-likeness (QED) is 0.622. The van der Waals surface area contributed by atoms with Crippen LogP contribution in [0.4, 0.5) is 0 Å². The summed E-state index contributed by atoms with van der Waals surface area (Å²) in [7, 11) is 0. The third kappa shape index (κ3) is 3.51. The fourth-order valence-electron chi connectivity index (χ4n) is 1.27. The molecule has 0 fully saturated rings. The van der Waals surface area contributed by atoms with Crippen LogP contribution in [0.5, 0.6) is 0 Å². The van der Waals surface area contributed by atoms with E-state index in [1.807, 2.05) is 6.92 Å². The summed E-state index contributed by atoms with van der Waals surface area (Å²) in [6.07, 6.45) is 2.10. The van der Waals surface area contributed by atoms with Crippen molar-refractivity contribution in [3.05, 3.63) is 0 Å². The Morgan fingerprint density at radius 1 is 1.50 bits per heavy atom. The Balaban J connectivity index is 4.07. The van der Waals surface area contributed by atoms with E-state index in [9.17, 15) is 5.11 Å². The van der Waals surface area contributed by atoms with E-state index in [-0.39, 0.29) is 12.0 Å². The summed E-state index contributed by atoms with van der Waals surface area (Å²) in [4.78, 5) is -0.795. The number of hydrogen-bond donors (Lipinski definition) is 0. The molecule has 0 N–H and O–H groups in total. The predicted molar refractivity (Wildman–Crippen MR) is 53.5 cm³/mol. The molecular formula is C9H17Cl2O. The van der Waals surface area contributed by atoms with Gasteiger partial charge in [0.15, 0.2) is 0 Å². The Hall–Kier alpha value is 0.540. The third-order valence-corrected chi connectivity index (χ3v) is 3.47. The Morgan fingerprint density at radius 2 is 2.00 bits per heavy atom. The molecule has 0 aromatic rings. The van der Waals surface area contributed by atoms with Crippen molar-refractivity contribution in [2.24, 2.45) is 5.92 Å². The van der Waals surface area contributed by atoms with E-state index < -0.39 is 4.87 Å².